The molecule has 72 valence electrons. The van der Waals surface area contributed by atoms with E-state index >= 15 is 0 Å². The van der Waals surface area contributed by atoms with Crippen LogP contribution in [0.4, 0.5) is 5.95 Å². The molecule has 1 aromatic rings. The highest BCUT2D eigenvalue weighted by molar-refractivity contribution is 9.10. The molecule has 0 aliphatic carbocycles. The lowest BCUT2D eigenvalue weighted by Gasteiger charge is -2.15. The summed E-state index contributed by atoms with van der Waals surface area (Å²) in [6.07, 6.45) is 3.39. The number of nitrogens with one attached hydrogen (secondary N) is 1. The lowest BCUT2D eigenvalue weighted by atomic mass is 10.2. The molecule has 3 nitrogen and oxygen atoms in total. The predicted molar refractivity (Wildman–Crippen MR) is 58.1 cm³/mol. The lowest BCUT2D eigenvalue weighted by molar-refractivity contribution is 0.760. The molecule has 2 atom stereocenters. The van der Waals surface area contributed by atoms with Crippen LogP contribution in [0.2, 0.25) is 0 Å². The second kappa shape index (κ2) is 4.77. The molecule has 0 saturated carbocycles. The summed E-state index contributed by atoms with van der Waals surface area (Å²) in [5.41, 5.74) is 0. The molecular weight excluding hydrogens is 253 g/mol. The minimum absolute atomic E-state index is 0.0484. The van der Waals surface area contributed by atoms with Gasteiger partial charge in [-0.3, -0.25) is 0 Å². The SMILES string of the molecule is CC(Cl)C(C)Nc1ncc(Br)cn1. The van der Waals surface area contributed by atoms with Crippen molar-refractivity contribution in [2.45, 2.75) is 25.3 Å². The van der Waals surface area contributed by atoms with Crippen molar-refractivity contribution in [1.29, 1.82) is 0 Å². The third-order valence-electron chi connectivity index (χ3n) is 1.67. The number of rotatable bonds is 3. The van der Waals surface area contributed by atoms with E-state index in [1.807, 2.05) is 13.8 Å². The van der Waals surface area contributed by atoms with Gasteiger partial charge in [-0.1, -0.05) is 0 Å². The molecule has 2 unspecified atom stereocenters. The maximum atomic E-state index is 5.88. The highest BCUT2D eigenvalue weighted by Gasteiger charge is 2.09. The molecule has 0 aliphatic rings. The number of nitrogens with zero attached hydrogens (tertiary/aromatic N) is 2. The van der Waals surface area contributed by atoms with Crippen LogP contribution in [-0.4, -0.2) is 21.4 Å². The van der Waals surface area contributed by atoms with Crippen LogP contribution in [0.5, 0.6) is 0 Å². The fourth-order valence-corrected chi connectivity index (χ4v) is 0.973. The largest absolute Gasteiger partial charge is 0.350 e. The summed E-state index contributed by atoms with van der Waals surface area (Å²) in [4.78, 5) is 8.15. The van der Waals surface area contributed by atoms with Crippen molar-refractivity contribution in [2.75, 3.05) is 5.32 Å². The first-order valence-corrected chi connectivity index (χ1v) is 5.20. The van der Waals surface area contributed by atoms with Crippen LogP contribution < -0.4 is 5.32 Å². The van der Waals surface area contributed by atoms with Crippen molar-refractivity contribution in [2.24, 2.45) is 0 Å². The van der Waals surface area contributed by atoms with Crippen LogP contribution in [0.3, 0.4) is 0 Å². The topological polar surface area (TPSA) is 37.8 Å². The van der Waals surface area contributed by atoms with E-state index in [0.717, 1.165) is 4.47 Å². The summed E-state index contributed by atoms with van der Waals surface area (Å²) in [5, 5.41) is 3.14. The van der Waals surface area contributed by atoms with E-state index in [2.05, 4.69) is 31.2 Å². The molecule has 1 rings (SSSR count). The first kappa shape index (κ1) is 10.7. The predicted octanol–water partition coefficient (Wildman–Crippen LogP) is 2.67. The van der Waals surface area contributed by atoms with Crippen molar-refractivity contribution < 1.29 is 0 Å². The normalized spacial score (nSPS) is 15.1. The fourth-order valence-electron chi connectivity index (χ4n) is 0.705. The van der Waals surface area contributed by atoms with Crippen molar-refractivity contribution >= 4 is 33.5 Å². The van der Waals surface area contributed by atoms with Crippen LogP contribution in [0, 0.1) is 0 Å². The second-order valence-electron chi connectivity index (χ2n) is 2.84. The smallest absolute Gasteiger partial charge is 0.222 e. The Kier molecular flexibility index (Phi) is 3.93. The van der Waals surface area contributed by atoms with Gasteiger partial charge in [0.15, 0.2) is 0 Å². The third-order valence-corrected chi connectivity index (χ3v) is 2.45. The Labute approximate surface area is 91.1 Å². The molecule has 0 fully saturated rings. The highest BCUT2D eigenvalue weighted by atomic mass is 79.9. The standard InChI is InChI=1S/C8H11BrClN3/c1-5(10)6(2)13-8-11-3-7(9)4-12-8/h3-6H,1-2H3,(H,11,12,13). The molecule has 0 amide bonds. The molecule has 0 radical (unpaired) electrons. The summed E-state index contributed by atoms with van der Waals surface area (Å²) in [6.45, 7) is 3.92. The summed E-state index contributed by atoms with van der Waals surface area (Å²) >= 11 is 9.14. The number of hydrogen-bond acceptors (Lipinski definition) is 3. The van der Waals surface area contributed by atoms with E-state index in [4.69, 9.17) is 11.6 Å². The van der Waals surface area contributed by atoms with Crippen LogP contribution >= 0.6 is 27.5 Å². The first-order chi connectivity index (χ1) is 6.09. The van der Waals surface area contributed by atoms with Gasteiger partial charge in [-0.15, -0.1) is 11.6 Å². The van der Waals surface area contributed by atoms with Crippen molar-refractivity contribution in [1.82, 2.24) is 9.97 Å². The molecule has 1 heterocycles. The van der Waals surface area contributed by atoms with Crippen molar-refractivity contribution in [3.8, 4) is 0 Å². The van der Waals surface area contributed by atoms with Gasteiger partial charge < -0.3 is 5.32 Å². The summed E-state index contributed by atoms with van der Waals surface area (Å²) in [6, 6.07) is 0.155. The van der Waals surface area contributed by atoms with Crippen LogP contribution in [0.15, 0.2) is 16.9 Å². The number of anilines is 1. The molecule has 1 N–H and O–H groups in total. The monoisotopic (exact) mass is 263 g/mol. The van der Waals surface area contributed by atoms with Gasteiger partial charge >= 0.3 is 0 Å². The van der Waals surface area contributed by atoms with Gasteiger partial charge in [0.05, 0.1) is 9.85 Å². The van der Waals surface area contributed by atoms with E-state index in [1.165, 1.54) is 0 Å². The Balaban J connectivity index is 2.59. The molecule has 0 aliphatic heterocycles. The summed E-state index contributed by atoms with van der Waals surface area (Å²) in [7, 11) is 0. The van der Waals surface area contributed by atoms with Gasteiger partial charge in [0.1, 0.15) is 0 Å². The van der Waals surface area contributed by atoms with Crippen LogP contribution in [0.25, 0.3) is 0 Å². The zero-order valence-corrected chi connectivity index (χ0v) is 9.80. The van der Waals surface area contributed by atoms with E-state index in [9.17, 15) is 0 Å². The summed E-state index contributed by atoms with van der Waals surface area (Å²) in [5.74, 6) is 0.600. The zero-order valence-electron chi connectivity index (χ0n) is 7.46. The molecule has 0 aromatic carbocycles. The zero-order chi connectivity index (χ0) is 9.84. The van der Waals surface area contributed by atoms with E-state index < -0.39 is 0 Å². The second-order valence-corrected chi connectivity index (χ2v) is 4.44. The molecule has 0 bridgehead atoms. The van der Waals surface area contributed by atoms with Gasteiger partial charge in [-0.2, -0.15) is 0 Å². The number of aromatic nitrogens is 2. The van der Waals surface area contributed by atoms with Gasteiger partial charge in [-0.25, -0.2) is 9.97 Å². The third kappa shape index (κ3) is 3.48. The quantitative estimate of drug-likeness (QED) is 0.853. The van der Waals surface area contributed by atoms with Crippen LogP contribution in [-0.2, 0) is 0 Å². The Bertz CT molecular complexity index is 263. The van der Waals surface area contributed by atoms with Gasteiger partial charge in [0.25, 0.3) is 0 Å². The highest BCUT2D eigenvalue weighted by Crippen LogP contribution is 2.10. The fraction of sp³-hybridized carbons (Fsp3) is 0.500. The Hall–Kier alpha value is -0.350. The van der Waals surface area contributed by atoms with Gasteiger partial charge in [0.2, 0.25) is 5.95 Å². The number of alkyl halides is 1. The van der Waals surface area contributed by atoms with E-state index in [1.54, 1.807) is 12.4 Å². The average molecular weight is 265 g/mol. The van der Waals surface area contributed by atoms with Crippen molar-refractivity contribution in [3.05, 3.63) is 16.9 Å². The minimum Gasteiger partial charge on any atom is -0.350 e. The molecule has 5 heteroatoms. The molecule has 1 aromatic heterocycles. The minimum atomic E-state index is 0.0484. The Morgan fingerprint density at radius 1 is 1.38 bits per heavy atom. The molecule has 0 saturated heterocycles. The lowest BCUT2D eigenvalue weighted by Crippen LogP contribution is -2.25. The van der Waals surface area contributed by atoms with Crippen LogP contribution in [0.1, 0.15) is 13.8 Å². The van der Waals surface area contributed by atoms with Crippen molar-refractivity contribution in [3.63, 3.8) is 0 Å². The maximum absolute atomic E-state index is 5.88. The average Bonchev–Trinajstić information content (AvgIpc) is 2.08. The van der Waals surface area contributed by atoms with E-state index in [0.29, 0.717) is 5.95 Å². The van der Waals surface area contributed by atoms with Gasteiger partial charge in [-0.05, 0) is 29.8 Å². The number of hydrogen-bond donors (Lipinski definition) is 1. The number of halogens is 2. The maximum Gasteiger partial charge on any atom is 0.222 e. The van der Waals surface area contributed by atoms with E-state index in [-0.39, 0.29) is 11.4 Å². The Morgan fingerprint density at radius 3 is 2.38 bits per heavy atom. The Morgan fingerprint density at radius 2 is 1.92 bits per heavy atom. The molecule has 13 heavy (non-hydrogen) atoms. The first-order valence-electron chi connectivity index (χ1n) is 3.97. The molecule has 0 spiro atoms. The summed E-state index contributed by atoms with van der Waals surface area (Å²) < 4.78 is 0.865. The molecular formula is C8H11BrClN3. The van der Waals surface area contributed by atoms with Gasteiger partial charge in [0, 0.05) is 18.4 Å².